The molecule has 0 aliphatic carbocycles. The second kappa shape index (κ2) is 5.39. The van der Waals surface area contributed by atoms with Gasteiger partial charge in [-0.1, -0.05) is 53.6 Å². The third-order valence-electron chi connectivity index (χ3n) is 3.46. The van der Waals surface area contributed by atoms with E-state index < -0.39 is 17.6 Å². The molecule has 0 atom stereocenters. The van der Waals surface area contributed by atoms with Crippen LogP contribution in [0, 0.1) is 12.7 Å². The number of rotatable bonds is 2. The molecule has 0 spiro atoms. The topological polar surface area (TPSA) is 37.4 Å². The molecule has 3 nitrogen and oxygen atoms in total. The summed E-state index contributed by atoms with van der Waals surface area (Å²) in [6.07, 6.45) is 0. The number of carbonyl (C=O) groups excluding carboxylic acids is 2. The van der Waals surface area contributed by atoms with E-state index in [4.69, 9.17) is 11.6 Å². The number of benzene rings is 2. The van der Waals surface area contributed by atoms with Crippen molar-refractivity contribution in [3.8, 4) is 0 Å². The molecule has 1 aliphatic rings. The van der Waals surface area contributed by atoms with Gasteiger partial charge < -0.3 is 0 Å². The van der Waals surface area contributed by atoms with E-state index in [0.717, 1.165) is 10.5 Å². The number of amides is 2. The third-order valence-corrected chi connectivity index (χ3v) is 3.81. The van der Waals surface area contributed by atoms with Gasteiger partial charge in [0.2, 0.25) is 0 Å². The number of imide groups is 1. The highest BCUT2D eigenvalue weighted by atomic mass is 35.5. The maximum Gasteiger partial charge on any atom is 0.277 e. The Kier molecular flexibility index (Phi) is 3.54. The average Bonchev–Trinajstić information content (AvgIpc) is 2.72. The molecular weight excluding hydrogens is 305 g/mol. The van der Waals surface area contributed by atoms with Crippen molar-refractivity contribution in [2.75, 3.05) is 4.90 Å². The molecule has 2 aromatic rings. The number of para-hydroxylation sites is 1. The highest BCUT2D eigenvalue weighted by molar-refractivity contribution is 6.60. The minimum atomic E-state index is -0.715. The van der Waals surface area contributed by atoms with Crippen LogP contribution in [0.2, 0.25) is 0 Å². The Bertz CT molecular complexity index is 812. The lowest BCUT2D eigenvalue weighted by Gasteiger charge is -2.15. The minimum absolute atomic E-state index is 0.0925. The van der Waals surface area contributed by atoms with Crippen molar-refractivity contribution in [2.24, 2.45) is 0 Å². The van der Waals surface area contributed by atoms with E-state index in [2.05, 4.69) is 0 Å². The quantitative estimate of drug-likeness (QED) is 0.793. The molecular formula is C17H11ClFNO2. The standard InChI is InChI=1S/C17H11ClFNO2/c1-10-6-8-11(9-7-10)14-15(18)17(22)20(16(14)21)13-5-3-2-4-12(13)19/h2-9H,1H3. The summed E-state index contributed by atoms with van der Waals surface area (Å²) in [6.45, 7) is 1.91. The maximum atomic E-state index is 13.9. The van der Waals surface area contributed by atoms with Gasteiger partial charge in [-0.3, -0.25) is 9.59 Å². The van der Waals surface area contributed by atoms with Crippen LogP contribution in [0.5, 0.6) is 0 Å². The Morgan fingerprint density at radius 2 is 1.59 bits per heavy atom. The minimum Gasteiger partial charge on any atom is -0.268 e. The number of halogens is 2. The van der Waals surface area contributed by atoms with E-state index in [0.29, 0.717) is 5.56 Å². The first kappa shape index (κ1) is 14.5. The van der Waals surface area contributed by atoms with Gasteiger partial charge in [0.25, 0.3) is 11.8 Å². The van der Waals surface area contributed by atoms with Crippen LogP contribution in [0.4, 0.5) is 10.1 Å². The van der Waals surface area contributed by atoms with Crippen LogP contribution in [-0.4, -0.2) is 11.8 Å². The highest BCUT2D eigenvalue weighted by Gasteiger charge is 2.40. The molecule has 22 heavy (non-hydrogen) atoms. The molecule has 1 aliphatic heterocycles. The predicted molar refractivity (Wildman–Crippen MR) is 82.8 cm³/mol. The summed E-state index contributed by atoms with van der Waals surface area (Å²) in [5, 5.41) is -0.197. The van der Waals surface area contributed by atoms with Crippen LogP contribution in [0.15, 0.2) is 53.6 Å². The summed E-state index contributed by atoms with van der Waals surface area (Å²) < 4.78 is 13.9. The zero-order valence-electron chi connectivity index (χ0n) is 11.6. The van der Waals surface area contributed by atoms with Gasteiger partial charge in [-0.25, -0.2) is 9.29 Å². The van der Waals surface area contributed by atoms with Crippen molar-refractivity contribution in [1.29, 1.82) is 0 Å². The number of anilines is 1. The summed E-state index contributed by atoms with van der Waals surface area (Å²) in [6, 6.07) is 12.6. The molecule has 0 N–H and O–H groups in total. The second-order valence-electron chi connectivity index (χ2n) is 4.95. The first-order valence-corrected chi connectivity index (χ1v) is 6.98. The number of hydrogen-bond acceptors (Lipinski definition) is 2. The van der Waals surface area contributed by atoms with E-state index in [1.165, 1.54) is 18.2 Å². The average molecular weight is 316 g/mol. The lowest BCUT2D eigenvalue weighted by molar-refractivity contribution is -0.119. The van der Waals surface area contributed by atoms with Crippen molar-refractivity contribution >= 4 is 34.7 Å². The number of aryl methyl sites for hydroxylation is 1. The molecule has 1 heterocycles. The molecule has 5 heteroatoms. The fraction of sp³-hybridized carbons (Fsp3) is 0.0588. The van der Waals surface area contributed by atoms with Crippen molar-refractivity contribution in [1.82, 2.24) is 0 Å². The van der Waals surface area contributed by atoms with Crippen LogP contribution in [0.25, 0.3) is 5.57 Å². The van der Waals surface area contributed by atoms with Gasteiger partial charge in [0.05, 0.1) is 11.3 Å². The predicted octanol–water partition coefficient (Wildman–Crippen LogP) is 3.66. The lowest BCUT2D eigenvalue weighted by Crippen LogP contribution is -2.31. The number of nitrogens with zero attached hydrogens (tertiary/aromatic N) is 1. The molecule has 0 radical (unpaired) electrons. The molecule has 0 bridgehead atoms. The summed E-state index contributed by atoms with van der Waals surface area (Å²) in [5.41, 5.74) is 1.55. The molecule has 0 aromatic heterocycles. The Morgan fingerprint density at radius 1 is 0.955 bits per heavy atom. The van der Waals surface area contributed by atoms with Crippen molar-refractivity contribution in [3.63, 3.8) is 0 Å². The van der Waals surface area contributed by atoms with Crippen LogP contribution < -0.4 is 4.90 Å². The fourth-order valence-electron chi connectivity index (χ4n) is 2.33. The normalized spacial score (nSPS) is 15.0. The highest BCUT2D eigenvalue weighted by Crippen LogP contribution is 2.35. The first-order chi connectivity index (χ1) is 10.5. The van der Waals surface area contributed by atoms with E-state index in [-0.39, 0.29) is 16.3 Å². The monoisotopic (exact) mass is 315 g/mol. The summed E-state index contributed by atoms with van der Waals surface area (Å²) in [5.74, 6) is -1.99. The summed E-state index contributed by atoms with van der Waals surface area (Å²) >= 11 is 6.04. The van der Waals surface area contributed by atoms with E-state index >= 15 is 0 Å². The molecule has 110 valence electrons. The maximum absolute atomic E-state index is 13.9. The molecule has 0 fully saturated rings. The molecule has 2 amide bonds. The molecule has 0 unspecified atom stereocenters. The summed E-state index contributed by atoms with van der Waals surface area (Å²) in [4.78, 5) is 25.6. The van der Waals surface area contributed by atoms with Crippen LogP contribution in [0.1, 0.15) is 11.1 Å². The van der Waals surface area contributed by atoms with Gasteiger partial charge in [0.15, 0.2) is 0 Å². The Hall–Kier alpha value is -2.46. The van der Waals surface area contributed by atoms with Crippen molar-refractivity contribution in [3.05, 3.63) is 70.5 Å². The fourth-order valence-corrected chi connectivity index (χ4v) is 2.60. The largest absolute Gasteiger partial charge is 0.277 e. The molecule has 0 saturated heterocycles. The molecule has 0 saturated carbocycles. The van der Waals surface area contributed by atoms with Gasteiger partial charge in [0, 0.05) is 0 Å². The van der Waals surface area contributed by atoms with Gasteiger partial charge in [-0.2, -0.15) is 0 Å². The Labute approximate surface area is 131 Å². The smallest absolute Gasteiger partial charge is 0.268 e. The van der Waals surface area contributed by atoms with Crippen molar-refractivity contribution < 1.29 is 14.0 Å². The number of carbonyl (C=O) groups is 2. The van der Waals surface area contributed by atoms with Gasteiger partial charge in [0.1, 0.15) is 10.8 Å². The summed E-state index contributed by atoms with van der Waals surface area (Å²) in [7, 11) is 0. The molecule has 3 rings (SSSR count). The molecule has 2 aromatic carbocycles. The SMILES string of the molecule is Cc1ccc(C2=C(Cl)C(=O)N(c3ccccc3F)C2=O)cc1. The van der Waals surface area contributed by atoms with Crippen LogP contribution in [0.3, 0.4) is 0 Å². The van der Waals surface area contributed by atoms with E-state index in [1.807, 2.05) is 19.1 Å². The number of hydrogen-bond donors (Lipinski definition) is 0. The lowest BCUT2D eigenvalue weighted by atomic mass is 10.0. The van der Waals surface area contributed by atoms with E-state index in [9.17, 15) is 14.0 Å². The van der Waals surface area contributed by atoms with Crippen LogP contribution >= 0.6 is 11.6 Å². The van der Waals surface area contributed by atoms with Gasteiger partial charge in [-0.15, -0.1) is 0 Å². The second-order valence-corrected chi connectivity index (χ2v) is 5.33. The zero-order valence-corrected chi connectivity index (χ0v) is 12.4. The van der Waals surface area contributed by atoms with Gasteiger partial charge in [-0.05, 0) is 24.6 Å². The zero-order chi connectivity index (χ0) is 15.9. The first-order valence-electron chi connectivity index (χ1n) is 6.61. The third kappa shape index (κ3) is 2.22. The van der Waals surface area contributed by atoms with E-state index in [1.54, 1.807) is 18.2 Å². The van der Waals surface area contributed by atoms with Crippen LogP contribution in [-0.2, 0) is 9.59 Å². The van der Waals surface area contributed by atoms with Gasteiger partial charge >= 0.3 is 0 Å². The Morgan fingerprint density at radius 3 is 2.23 bits per heavy atom. The Balaban J connectivity index is 2.08. The van der Waals surface area contributed by atoms with Crippen molar-refractivity contribution in [2.45, 2.75) is 6.92 Å².